The highest BCUT2D eigenvalue weighted by Crippen LogP contribution is 2.36. The molecule has 0 radical (unpaired) electrons. The van der Waals surface area contributed by atoms with E-state index in [1.807, 2.05) is 6.92 Å². The Bertz CT molecular complexity index is 477. The average molecular weight is 290 g/mol. The number of piperazine rings is 1. The van der Waals surface area contributed by atoms with Crippen LogP contribution in [0.4, 0.5) is 23.2 Å². The molecule has 0 unspecified atom stereocenters. The SMILES string of the molecule is CCN1CCN(c2cc(C)cc(C(F)(F)F)c2F)CC1. The van der Waals surface area contributed by atoms with E-state index in [1.165, 1.54) is 6.07 Å². The summed E-state index contributed by atoms with van der Waals surface area (Å²) in [5.74, 6) is -1.16. The number of aryl methyl sites for hydroxylation is 1. The Morgan fingerprint density at radius 2 is 1.70 bits per heavy atom. The third kappa shape index (κ3) is 3.06. The highest BCUT2D eigenvalue weighted by molar-refractivity contribution is 5.53. The van der Waals surface area contributed by atoms with Gasteiger partial charge in [-0.1, -0.05) is 6.92 Å². The van der Waals surface area contributed by atoms with Gasteiger partial charge in [-0.05, 0) is 31.2 Å². The lowest BCUT2D eigenvalue weighted by Crippen LogP contribution is -2.46. The molecule has 6 heteroatoms. The monoisotopic (exact) mass is 290 g/mol. The summed E-state index contributed by atoms with van der Waals surface area (Å²) >= 11 is 0. The molecule has 1 aliphatic rings. The molecule has 112 valence electrons. The van der Waals surface area contributed by atoms with E-state index in [0.717, 1.165) is 25.7 Å². The Balaban J connectivity index is 2.31. The summed E-state index contributed by atoms with van der Waals surface area (Å²) in [5.41, 5.74) is -0.690. The summed E-state index contributed by atoms with van der Waals surface area (Å²) in [6.45, 7) is 7.07. The highest BCUT2D eigenvalue weighted by Gasteiger charge is 2.36. The molecule has 1 heterocycles. The first-order chi connectivity index (χ1) is 9.32. The van der Waals surface area contributed by atoms with E-state index < -0.39 is 17.6 Å². The first-order valence-electron chi connectivity index (χ1n) is 6.67. The third-order valence-corrected chi connectivity index (χ3v) is 3.66. The molecule has 0 atom stereocenters. The Kier molecular flexibility index (Phi) is 4.22. The van der Waals surface area contributed by atoms with E-state index in [1.54, 1.807) is 11.8 Å². The van der Waals surface area contributed by atoms with E-state index >= 15 is 0 Å². The second-order valence-corrected chi connectivity index (χ2v) is 5.06. The van der Waals surface area contributed by atoms with Crippen molar-refractivity contribution < 1.29 is 17.6 Å². The van der Waals surface area contributed by atoms with Crippen molar-refractivity contribution >= 4 is 5.69 Å². The smallest absolute Gasteiger partial charge is 0.367 e. The molecule has 1 saturated heterocycles. The summed E-state index contributed by atoms with van der Waals surface area (Å²) in [6, 6.07) is 2.35. The van der Waals surface area contributed by atoms with Gasteiger partial charge in [-0.2, -0.15) is 13.2 Å². The van der Waals surface area contributed by atoms with Crippen LogP contribution in [0.25, 0.3) is 0 Å². The molecular weight excluding hydrogens is 272 g/mol. The van der Waals surface area contributed by atoms with Gasteiger partial charge in [0.05, 0.1) is 11.3 Å². The lowest BCUT2D eigenvalue weighted by atomic mass is 10.1. The zero-order chi connectivity index (χ0) is 14.9. The van der Waals surface area contributed by atoms with E-state index in [9.17, 15) is 17.6 Å². The minimum atomic E-state index is -4.66. The van der Waals surface area contributed by atoms with Crippen LogP contribution in [-0.4, -0.2) is 37.6 Å². The normalized spacial score (nSPS) is 17.6. The van der Waals surface area contributed by atoms with E-state index in [0.29, 0.717) is 18.7 Å². The van der Waals surface area contributed by atoms with Crippen molar-refractivity contribution in [3.63, 3.8) is 0 Å². The van der Waals surface area contributed by atoms with Crippen molar-refractivity contribution in [2.75, 3.05) is 37.6 Å². The second kappa shape index (κ2) is 5.60. The molecule has 2 rings (SSSR count). The maximum absolute atomic E-state index is 14.1. The molecule has 0 aliphatic carbocycles. The van der Waals surface area contributed by atoms with Crippen molar-refractivity contribution in [2.24, 2.45) is 0 Å². The van der Waals surface area contributed by atoms with Crippen molar-refractivity contribution in [1.29, 1.82) is 0 Å². The minimum absolute atomic E-state index is 0.0630. The first kappa shape index (κ1) is 15.1. The molecule has 0 bridgehead atoms. The zero-order valence-electron chi connectivity index (χ0n) is 11.6. The zero-order valence-corrected chi connectivity index (χ0v) is 11.6. The largest absolute Gasteiger partial charge is 0.419 e. The fourth-order valence-electron chi connectivity index (χ4n) is 2.49. The van der Waals surface area contributed by atoms with Crippen molar-refractivity contribution in [3.8, 4) is 0 Å². The molecule has 1 aromatic rings. The van der Waals surface area contributed by atoms with Gasteiger partial charge in [0.15, 0.2) is 5.82 Å². The van der Waals surface area contributed by atoms with E-state index in [-0.39, 0.29) is 5.69 Å². The number of nitrogens with zero attached hydrogens (tertiary/aromatic N) is 2. The lowest BCUT2D eigenvalue weighted by Gasteiger charge is -2.36. The molecule has 1 fully saturated rings. The van der Waals surface area contributed by atoms with Crippen LogP contribution in [0, 0.1) is 12.7 Å². The molecule has 0 N–H and O–H groups in total. The van der Waals surface area contributed by atoms with Crippen LogP contribution in [0.2, 0.25) is 0 Å². The number of halogens is 4. The molecule has 1 aromatic carbocycles. The van der Waals surface area contributed by atoms with Crippen LogP contribution >= 0.6 is 0 Å². The summed E-state index contributed by atoms with van der Waals surface area (Å²) < 4.78 is 52.6. The van der Waals surface area contributed by atoms with Gasteiger partial charge in [-0.25, -0.2) is 4.39 Å². The summed E-state index contributed by atoms with van der Waals surface area (Å²) in [6.07, 6.45) is -4.66. The predicted octanol–water partition coefficient (Wildman–Crippen LogP) is 3.29. The fraction of sp³-hybridized carbons (Fsp3) is 0.571. The van der Waals surface area contributed by atoms with Crippen molar-refractivity contribution in [3.05, 3.63) is 29.1 Å². The van der Waals surface area contributed by atoms with Gasteiger partial charge in [0.25, 0.3) is 0 Å². The number of alkyl halides is 3. The van der Waals surface area contributed by atoms with Gasteiger partial charge in [0.1, 0.15) is 0 Å². The lowest BCUT2D eigenvalue weighted by molar-refractivity contribution is -0.139. The quantitative estimate of drug-likeness (QED) is 0.771. The summed E-state index contributed by atoms with van der Waals surface area (Å²) in [7, 11) is 0. The van der Waals surface area contributed by atoms with Gasteiger partial charge in [-0.3, -0.25) is 0 Å². The van der Waals surface area contributed by atoms with Crippen LogP contribution in [0.1, 0.15) is 18.1 Å². The fourth-order valence-corrected chi connectivity index (χ4v) is 2.49. The van der Waals surface area contributed by atoms with Crippen molar-refractivity contribution in [2.45, 2.75) is 20.0 Å². The van der Waals surface area contributed by atoms with Gasteiger partial charge < -0.3 is 9.80 Å². The Morgan fingerprint density at radius 3 is 2.20 bits per heavy atom. The van der Waals surface area contributed by atoms with Gasteiger partial charge >= 0.3 is 6.18 Å². The van der Waals surface area contributed by atoms with E-state index in [2.05, 4.69) is 4.90 Å². The molecule has 1 aliphatic heterocycles. The number of hydrogen-bond donors (Lipinski definition) is 0. The molecule has 20 heavy (non-hydrogen) atoms. The number of likely N-dealkylation sites (N-methyl/N-ethyl adjacent to an activating group) is 1. The Morgan fingerprint density at radius 1 is 1.10 bits per heavy atom. The summed E-state index contributed by atoms with van der Waals surface area (Å²) in [4.78, 5) is 3.89. The van der Waals surface area contributed by atoms with Crippen LogP contribution in [0.5, 0.6) is 0 Å². The second-order valence-electron chi connectivity index (χ2n) is 5.06. The Hall–Kier alpha value is -1.30. The van der Waals surface area contributed by atoms with Crippen LogP contribution in [0.3, 0.4) is 0 Å². The predicted molar refractivity (Wildman–Crippen MR) is 70.5 cm³/mol. The standard InChI is InChI=1S/C14H18F4N2/c1-3-19-4-6-20(7-5-19)12-9-10(2)8-11(13(12)15)14(16,17)18/h8-9H,3-7H2,1-2H3. The maximum atomic E-state index is 14.1. The van der Waals surface area contributed by atoms with Gasteiger partial charge in [0, 0.05) is 26.2 Å². The average Bonchev–Trinajstić information content (AvgIpc) is 2.40. The van der Waals surface area contributed by atoms with Gasteiger partial charge in [-0.15, -0.1) is 0 Å². The highest BCUT2D eigenvalue weighted by atomic mass is 19.4. The third-order valence-electron chi connectivity index (χ3n) is 3.66. The van der Waals surface area contributed by atoms with E-state index in [4.69, 9.17) is 0 Å². The number of benzene rings is 1. The number of anilines is 1. The summed E-state index contributed by atoms with van der Waals surface area (Å²) in [5, 5.41) is 0. The first-order valence-corrected chi connectivity index (χ1v) is 6.67. The molecule has 0 aromatic heterocycles. The number of rotatable bonds is 2. The van der Waals surface area contributed by atoms with Gasteiger partial charge in [0.2, 0.25) is 0 Å². The molecule has 0 spiro atoms. The van der Waals surface area contributed by atoms with Crippen LogP contribution < -0.4 is 4.90 Å². The molecule has 2 nitrogen and oxygen atoms in total. The topological polar surface area (TPSA) is 6.48 Å². The molecule has 0 saturated carbocycles. The van der Waals surface area contributed by atoms with Crippen LogP contribution in [-0.2, 0) is 6.18 Å². The molecule has 0 amide bonds. The minimum Gasteiger partial charge on any atom is -0.367 e. The Labute approximate surface area is 116 Å². The maximum Gasteiger partial charge on any atom is 0.419 e. The molecular formula is C14H18F4N2. The van der Waals surface area contributed by atoms with Crippen molar-refractivity contribution in [1.82, 2.24) is 4.90 Å². The van der Waals surface area contributed by atoms with Crippen LogP contribution in [0.15, 0.2) is 12.1 Å². The number of hydrogen-bond acceptors (Lipinski definition) is 2.